The zero-order valence-electron chi connectivity index (χ0n) is 16.2. The average molecular weight is 418 g/mol. The Kier molecular flexibility index (Phi) is 4.67. The number of anilines is 1. The van der Waals surface area contributed by atoms with Crippen LogP contribution in [0.2, 0.25) is 0 Å². The number of thiazole rings is 1. The Morgan fingerprint density at radius 2 is 1.93 bits per heavy atom. The Bertz CT molecular complexity index is 1220. The molecule has 1 amide bonds. The highest BCUT2D eigenvalue weighted by Gasteiger charge is 2.45. The number of imidazole rings is 1. The SMILES string of the molecule is Cn1ccnc1-c1sc(NC(=O)[C@@H]2C[C@@H]2c2ccccc2F)nc1-c1ccccc1. The number of hydrogen-bond donors (Lipinski definition) is 1. The summed E-state index contributed by atoms with van der Waals surface area (Å²) in [5, 5.41) is 3.47. The highest BCUT2D eigenvalue weighted by molar-refractivity contribution is 7.19. The van der Waals surface area contributed by atoms with Crippen molar-refractivity contribution in [2.45, 2.75) is 12.3 Å². The van der Waals surface area contributed by atoms with Gasteiger partial charge in [-0.2, -0.15) is 0 Å². The molecule has 2 aromatic carbocycles. The second-order valence-corrected chi connectivity index (χ2v) is 8.38. The van der Waals surface area contributed by atoms with E-state index in [4.69, 9.17) is 4.98 Å². The van der Waals surface area contributed by atoms with Crippen LogP contribution in [0, 0.1) is 11.7 Å². The van der Waals surface area contributed by atoms with Gasteiger partial charge in [-0.15, -0.1) is 0 Å². The summed E-state index contributed by atoms with van der Waals surface area (Å²) in [6.45, 7) is 0. The molecule has 0 saturated heterocycles. The zero-order valence-corrected chi connectivity index (χ0v) is 17.1. The monoisotopic (exact) mass is 418 g/mol. The van der Waals surface area contributed by atoms with E-state index in [2.05, 4.69) is 10.3 Å². The molecular weight excluding hydrogens is 399 g/mol. The molecule has 1 saturated carbocycles. The molecule has 1 N–H and O–H groups in total. The van der Waals surface area contributed by atoms with E-state index in [9.17, 15) is 9.18 Å². The molecule has 0 spiro atoms. The van der Waals surface area contributed by atoms with Crippen LogP contribution in [0.4, 0.5) is 9.52 Å². The summed E-state index contributed by atoms with van der Waals surface area (Å²) in [7, 11) is 1.93. The van der Waals surface area contributed by atoms with E-state index in [0.717, 1.165) is 22.0 Å². The van der Waals surface area contributed by atoms with Crippen LogP contribution in [0.5, 0.6) is 0 Å². The van der Waals surface area contributed by atoms with Crippen molar-refractivity contribution in [2.75, 3.05) is 5.32 Å². The number of amides is 1. The highest BCUT2D eigenvalue weighted by Crippen LogP contribution is 2.49. The minimum Gasteiger partial charge on any atom is -0.333 e. The quantitative estimate of drug-likeness (QED) is 0.491. The van der Waals surface area contributed by atoms with Gasteiger partial charge in [-0.1, -0.05) is 59.9 Å². The van der Waals surface area contributed by atoms with E-state index >= 15 is 0 Å². The van der Waals surface area contributed by atoms with E-state index in [1.807, 2.05) is 48.1 Å². The lowest BCUT2D eigenvalue weighted by atomic mass is 10.1. The molecule has 2 heterocycles. The molecule has 0 bridgehead atoms. The third kappa shape index (κ3) is 3.41. The molecule has 0 aliphatic heterocycles. The Balaban J connectivity index is 1.42. The molecule has 1 aliphatic rings. The molecule has 4 aromatic rings. The number of aromatic nitrogens is 3. The predicted octanol–water partition coefficient (Wildman–Crippen LogP) is 5.09. The van der Waals surface area contributed by atoms with Gasteiger partial charge in [0.15, 0.2) is 11.0 Å². The summed E-state index contributed by atoms with van der Waals surface area (Å²) in [5.41, 5.74) is 2.35. The molecule has 2 aromatic heterocycles. The molecule has 0 radical (unpaired) electrons. The topological polar surface area (TPSA) is 59.8 Å². The predicted molar refractivity (Wildman–Crippen MR) is 116 cm³/mol. The lowest BCUT2D eigenvalue weighted by molar-refractivity contribution is -0.117. The minimum atomic E-state index is -0.254. The van der Waals surface area contributed by atoms with Gasteiger partial charge in [-0.25, -0.2) is 14.4 Å². The Hall–Kier alpha value is -3.32. The number of nitrogens with one attached hydrogen (secondary N) is 1. The summed E-state index contributed by atoms with van der Waals surface area (Å²) >= 11 is 1.40. The average Bonchev–Trinajstić information content (AvgIpc) is 3.27. The van der Waals surface area contributed by atoms with Gasteiger partial charge >= 0.3 is 0 Å². The van der Waals surface area contributed by atoms with Crippen LogP contribution in [-0.4, -0.2) is 20.4 Å². The highest BCUT2D eigenvalue weighted by atomic mass is 32.1. The molecule has 1 fully saturated rings. The molecule has 1 aliphatic carbocycles. The van der Waals surface area contributed by atoms with Crippen molar-refractivity contribution in [1.82, 2.24) is 14.5 Å². The normalized spacial score (nSPS) is 17.7. The van der Waals surface area contributed by atoms with Crippen LogP contribution in [0.15, 0.2) is 67.0 Å². The molecule has 5 nitrogen and oxygen atoms in total. The first-order chi connectivity index (χ1) is 14.6. The third-order valence-corrected chi connectivity index (χ3v) is 6.33. The largest absolute Gasteiger partial charge is 0.333 e. The van der Waals surface area contributed by atoms with Crippen LogP contribution in [0.1, 0.15) is 17.9 Å². The van der Waals surface area contributed by atoms with Crippen molar-refractivity contribution in [3.05, 3.63) is 78.4 Å². The van der Waals surface area contributed by atoms with Crippen molar-refractivity contribution in [3.8, 4) is 22.0 Å². The molecule has 2 atom stereocenters. The second-order valence-electron chi connectivity index (χ2n) is 7.38. The summed E-state index contributed by atoms with van der Waals surface area (Å²) in [5.74, 6) is 0.109. The van der Waals surface area contributed by atoms with Gasteiger partial charge in [0.1, 0.15) is 5.82 Å². The summed E-state index contributed by atoms with van der Waals surface area (Å²) < 4.78 is 16.0. The minimum absolute atomic E-state index is 0.0752. The zero-order chi connectivity index (χ0) is 20.7. The number of hydrogen-bond acceptors (Lipinski definition) is 4. The van der Waals surface area contributed by atoms with Crippen molar-refractivity contribution in [1.29, 1.82) is 0 Å². The fraction of sp³-hybridized carbons (Fsp3) is 0.174. The van der Waals surface area contributed by atoms with Crippen molar-refractivity contribution in [3.63, 3.8) is 0 Å². The van der Waals surface area contributed by atoms with Crippen LogP contribution < -0.4 is 5.32 Å². The molecule has 150 valence electrons. The van der Waals surface area contributed by atoms with E-state index < -0.39 is 0 Å². The number of halogens is 1. The Labute approximate surface area is 177 Å². The van der Waals surface area contributed by atoms with Gasteiger partial charge < -0.3 is 9.88 Å². The molecule has 5 rings (SSSR count). The van der Waals surface area contributed by atoms with Gasteiger partial charge in [-0.3, -0.25) is 4.79 Å². The maximum Gasteiger partial charge on any atom is 0.229 e. The van der Waals surface area contributed by atoms with Crippen LogP contribution in [0.3, 0.4) is 0 Å². The maximum atomic E-state index is 14.0. The third-order valence-electron chi connectivity index (χ3n) is 5.36. The molecule has 7 heteroatoms. The van der Waals surface area contributed by atoms with Gasteiger partial charge in [0.2, 0.25) is 5.91 Å². The van der Waals surface area contributed by atoms with Gasteiger partial charge in [0.25, 0.3) is 0 Å². The molecule has 30 heavy (non-hydrogen) atoms. The summed E-state index contributed by atoms with van der Waals surface area (Å²) in [6.07, 6.45) is 4.27. The van der Waals surface area contributed by atoms with Crippen molar-refractivity contribution in [2.24, 2.45) is 13.0 Å². The molecular formula is C23H19FN4OS. The summed E-state index contributed by atoms with van der Waals surface area (Å²) in [4.78, 5) is 22.8. The number of aryl methyl sites for hydroxylation is 1. The smallest absolute Gasteiger partial charge is 0.229 e. The first kappa shape index (κ1) is 18.7. The lowest BCUT2D eigenvalue weighted by Crippen LogP contribution is -2.14. The Morgan fingerprint density at radius 1 is 1.17 bits per heavy atom. The van der Waals surface area contributed by atoms with E-state index in [1.54, 1.807) is 24.4 Å². The van der Waals surface area contributed by atoms with E-state index in [1.165, 1.54) is 17.4 Å². The fourth-order valence-electron chi connectivity index (χ4n) is 3.70. The first-order valence-electron chi connectivity index (χ1n) is 9.71. The van der Waals surface area contributed by atoms with Crippen molar-refractivity contribution < 1.29 is 9.18 Å². The lowest BCUT2D eigenvalue weighted by Gasteiger charge is -2.03. The van der Waals surface area contributed by atoms with Gasteiger partial charge in [0, 0.05) is 30.9 Å². The standard InChI is InChI=1S/C23H19FN4OS/c1-28-12-11-25-21(28)20-19(14-7-3-2-4-8-14)26-23(30-20)27-22(29)17-13-16(17)15-9-5-6-10-18(15)24/h2-12,16-17H,13H2,1H3,(H,26,27,29)/t16-,17-/m1/s1. The van der Waals surface area contributed by atoms with Gasteiger partial charge in [0.05, 0.1) is 10.6 Å². The van der Waals surface area contributed by atoms with Gasteiger partial charge in [-0.05, 0) is 24.0 Å². The van der Waals surface area contributed by atoms with Crippen LogP contribution in [-0.2, 0) is 11.8 Å². The number of benzene rings is 2. The van der Waals surface area contributed by atoms with E-state index in [-0.39, 0.29) is 23.6 Å². The number of nitrogens with zero attached hydrogens (tertiary/aromatic N) is 3. The fourth-order valence-corrected chi connectivity index (χ4v) is 4.73. The van der Waals surface area contributed by atoms with E-state index in [0.29, 0.717) is 17.1 Å². The Morgan fingerprint density at radius 3 is 2.67 bits per heavy atom. The second kappa shape index (κ2) is 7.50. The van der Waals surface area contributed by atoms with Crippen molar-refractivity contribution >= 4 is 22.4 Å². The molecule has 0 unspecified atom stereocenters. The number of rotatable bonds is 5. The maximum absolute atomic E-state index is 14.0. The number of carbonyl (C=O) groups is 1. The summed E-state index contributed by atoms with van der Waals surface area (Å²) in [6, 6.07) is 16.5. The van der Waals surface area contributed by atoms with Crippen LogP contribution in [0.25, 0.3) is 22.0 Å². The first-order valence-corrected chi connectivity index (χ1v) is 10.5. The van der Waals surface area contributed by atoms with Crippen LogP contribution >= 0.6 is 11.3 Å². The number of carbonyl (C=O) groups excluding carboxylic acids is 1.